The molecule has 12 heavy (non-hydrogen) atoms. The first-order chi connectivity index (χ1) is 5.63. The first kappa shape index (κ1) is 9.25. The highest BCUT2D eigenvalue weighted by Gasteiger charge is 2.47. The second-order valence-corrected chi connectivity index (χ2v) is 6.15. The lowest BCUT2D eigenvalue weighted by molar-refractivity contribution is 0.176. The van der Waals surface area contributed by atoms with Gasteiger partial charge in [0.05, 0.1) is 0 Å². The van der Waals surface area contributed by atoms with Crippen LogP contribution in [0.15, 0.2) is 0 Å². The Kier molecular flexibility index (Phi) is 2.41. The van der Waals surface area contributed by atoms with Crippen molar-refractivity contribution < 1.29 is 0 Å². The molecule has 1 aliphatic heterocycles. The van der Waals surface area contributed by atoms with Crippen LogP contribution >= 0.6 is 22.9 Å². The number of rotatable bonds is 1. The average molecular weight is 279 g/mol. The van der Waals surface area contributed by atoms with Crippen LogP contribution in [0.5, 0.6) is 0 Å². The fraction of sp³-hybridized carbons (Fsp3) is 1.00. The highest BCUT2D eigenvalue weighted by molar-refractivity contribution is 14.1. The summed E-state index contributed by atoms with van der Waals surface area (Å²) >= 11 is 2.53. The van der Waals surface area contributed by atoms with E-state index in [2.05, 4.69) is 39.8 Å². The highest BCUT2D eigenvalue weighted by atomic mass is 127. The van der Waals surface area contributed by atoms with Crippen molar-refractivity contribution in [2.75, 3.05) is 6.54 Å². The second-order valence-electron chi connectivity index (χ2n) is 4.91. The van der Waals surface area contributed by atoms with Crippen LogP contribution in [0.4, 0.5) is 0 Å². The topological polar surface area (TPSA) is 3.24 Å². The molecule has 1 unspecified atom stereocenters. The minimum atomic E-state index is 0.784. The molecule has 0 aromatic carbocycles. The molecule has 0 aromatic heterocycles. The molecule has 0 amide bonds. The predicted molar refractivity (Wildman–Crippen MR) is 60.3 cm³/mol. The van der Waals surface area contributed by atoms with Crippen molar-refractivity contribution in [3.05, 3.63) is 0 Å². The predicted octanol–water partition coefficient (Wildman–Crippen LogP) is 3.24. The monoisotopic (exact) mass is 279 g/mol. The van der Waals surface area contributed by atoms with E-state index in [9.17, 15) is 0 Å². The number of piperidine rings is 1. The van der Waals surface area contributed by atoms with Gasteiger partial charge in [0, 0.05) is 35.5 Å². The van der Waals surface area contributed by atoms with Crippen LogP contribution in [0.1, 0.15) is 39.5 Å². The zero-order chi connectivity index (χ0) is 8.77. The van der Waals surface area contributed by atoms with Crippen LogP contribution in [0.25, 0.3) is 0 Å². The summed E-state index contributed by atoms with van der Waals surface area (Å²) in [5.41, 5.74) is 0.784. The normalized spacial score (nSPS) is 34.5. The van der Waals surface area contributed by atoms with Gasteiger partial charge < -0.3 is 0 Å². The Morgan fingerprint density at radius 3 is 2.42 bits per heavy atom. The molecule has 0 radical (unpaired) electrons. The molecule has 1 spiro atoms. The van der Waals surface area contributed by atoms with Gasteiger partial charge in [0.25, 0.3) is 0 Å². The van der Waals surface area contributed by atoms with Crippen LogP contribution in [0.2, 0.25) is 0 Å². The van der Waals surface area contributed by atoms with Crippen molar-refractivity contribution in [3.8, 4) is 0 Å². The first-order valence-corrected chi connectivity index (χ1v) is 6.02. The van der Waals surface area contributed by atoms with E-state index in [0.717, 1.165) is 17.4 Å². The van der Waals surface area contributed by atoms with E-state index >= 15 is 0 Å². The zero-order valence-electron chi connectivity index (χ0n) is 8.02. The molecule has 2 heteroatoms. The van der Waals surface area contributed by atoms with E-state index < -0.39 is 0 Å². The van der Waals surface area contributed by atoms with Gasteiger partial charge in [0.2, 0.25) is 0 Å². The minimum absolute atomic E-state index is 0.784. The molecule has 1 heterocycles. The number of halogens is 1. The van der Waals surface area contributed by atoms with Gasteiger partial charge in [0.1, 0.15) is 0 Å². The summed E-state index contributed by atoms with van der Waals surface area (Å²) in [6.07, 6.45) is 5.92. The lowest BCUT2D eigenvalue weighted by atomic mass is 9.87. The first-order valence-electron chi connectivity index (χ1n) is 5.05. The Labute approximate surface area is 89.4 Å². The van der Waals surface area contributed by atoms with Crippen LogP contribution in [0.3, 0.4) is 0 Å². The van der Waals surface area contributed by atoms with Gasteiger partial charge in [-0.05, 0) is 37.0 Å². The third-order valence-corrected chi connectivity index (χ3v) is 4.60. The number of hydrogen-bond acceptors (Lipinski definition) is 1. The summed E-state index contributed by atoms with van der Waals surface area (Å²) in [4.78, 5) is 0. The van der Waals surface area contributed by atoms with Crippen LogP contribution in [-0.4, -0.2) is 15.7 Å². The van der Waals surface area contributed by atoms with Gasteiger partial charge in [-0.3, -0.25) is 0 Å². The van der Waals surface area contributed by atoms with Gasteiger partial charge in [-0.1, -0.05) is 13.8 Å². The van der Waals surface area contributed by atoms with Gasteiger partial charge in [-0.15, -0.1) is 0 Å². The summed E-state index contributed by atoms with van der Waals surface area (Å²) in [5.74, 6) is 0.831. The molecule has 0 N–H and O–H groups in total. The van der Waals surface area contributed by atoms with Gasteiger partial charge >= 0.3 is 0 Å². The molecule has 2 fully saturated rings. The van der Waals surface area contributed by atoms with E-state index in [0.29, 0.717) is 0 Å². The number of hydrogen-bond donors (Lipinski definition) is 0. The molecule has 70 valence electrons. The molecule has 2 aliphatic rings. The van der Waals surface area contributed by atoms with E-state index in [4.69, 9.17) is 0 Å². The smallest absolute Gasteiger partial charge is 0.0217 e. The Morgan fingerprint density at radius 2 is 2.00 bits per heavy atom. The van der Waals surface area contributed by atoms with E-state index in [1.165, 1.54) is 32.2 Å². The fourth-order valence-corrected chi connectivity index (χ4v) is 4.00. The SMILES string of the molecule is CC(C)C1CCC2(CC2)CN1I. The lowest BCUT2D eigenvalue weighted by Crippen LogP contribution is -2.40. The van der Waals surface area contributed by atoms with Gasteiger partial charge in [0.15, 0.2) is 0 Å². The fourth-order valence-electron chi connectivity index (χ4n) is 2.35. The molecule has 0 bridgehead atoms. The zero-order valence-corrected chi connectivity index (χ0v) is 10.2. The molecular weight excluding hydrogens is 261 g/mol. The van der Waals surface area contributed by atoms with E-state index in [1.807, 2.05) is 0 Å². The Balaban J connectivity index is 1.95. The molecule has 1 saturated carbocycles. The standard InChI is InChI=1S/C10H18IN/c1-8(2)9-3-4-10(5-6-10)7-12(9)11/h8-9H,3-7H2,1-2H3. The third-order valence-electron chi connectivity index (χ3n) is 3.54. The molecule has 1 nitrogen and oxygen atoms in total. The number of nitrogens with zero attached hydrogens (tertiary/aromatic N) is 1. The van der Waals surface area contributed by atoms with Gasteiger partial charge in [-0.2, -0.15) is 0 Å². The van der Waals surface area contributed by atoms with Crippen molar-refractivity contribution in [1.29, 1.82) is 0 Å². The van der Waals surface area contributed by atoms with Gasteiger partial charge in [-0.25, -0.2) is 3.11 Å². The Hall–Kier alpha value is 0.690. The third kappa shape index (κ3) is 1.65. The summed E-state index contributed by atoms with van der Waals surface area (Å²) in [5, 5.41) is 0. The van der Waals surface area contributed by atoms with E-state index in [1.54, 1.807) is 0 Å². The van der Waals surface area contributed by atoms with Crippen LogP contribution in [-0.2, 0) is 0 Å². The molecule has 1 atom stereocenters. The molecule has 2 rings (SSSR count). The Bertz CT molecular complexity index is 175. The van der Waals surface area contributed by atoms with Crippen molar-refractivity contribution in [2.24, 2.45) is 11.3 Å². The quantitative estimate of drug-likeness (QED) is 0.526. The van der Waals surface area contributed by atoms with Crippen molar-refractivity contribution in [3.63, 3.8) is 0 Å². The molecule has 1 saturated heterocycles. The summed E-state index contributed by atoms with van der Waals surface area (Å²) in [6, 6.07) is 0.844. The van der Waals surface area contributed by atoms with Crippen molar-refractivity contribution >= 4 is 22.9 Å². The summed E-state index contributed by atoms with van der Waals surface area (Å²) in [6.45, 7) is 6.05. The maximum absolute atomic E-state index is 2.57. The lowest BCUT2D eigenvalue weighted by Gasteiger charge is -2.38. The maximum atomic E-state index is 2.57. The summed E-state index contributed by atoms with van der Waals surface area (Å²) < 4.78 is 2.57. The van der Waals surface area contributed by atoms with E-state index in [-0.39, 0.29) is 0 Å². The van der Waals surface area contributed by atoms with Crippen LogP contribution < -0.4 is 0 Å². The van der Waals surface area contributed by atoms with Crippen molar-refractivity contribution in [2.45, 2.75) is 45.6 Å². The Morgan fingerprint density at radius 1 is 1.33 bits per heavy atom. The maximum Gasteiger partial charge on any atom is 0.0217 e. The molecular formula is C10H18IN. The highest BCUT2D eigenvalue weighted by Crippen LogP contribution is 2.54. The largest absolute Gasteiger partial charge is 0.244 e. The average Bonchev–Trinajstić information content (AvgIpc) is 2.68. The molecule has 0 aromatic rings. The molecule has 1 aliphatic carbocycles. The van der Waals surface area contributed by atoms with Crippen LogP contribution in [0, 0.1) is 11.3 Å². The van der Waals surface area contributed by atoms with Crippen molar-refractivity contribution in [1.82, 2.24) is 3.11 Å². The second kappa shape index (κ2) is 3.12. The minimum Gasteiger partial charge on any atom is -0.244 e. The summed E-state index contributed by atoms with van der Waals surface area (Å²) in [7, 11) is 0.